The van der Waals surface area contributed by atoms with Gasteiger partial charge in [-0.15, -0.1) is 0 Å². The van der Waals surface area contributed by atoms with Crippen LogP contribution in [0.2, 0.25) is 0 Å². The summed E-state index contributed by atoms with van der Waals surface area (Å²) in [5, 5.41) is 0. The zero-order valence-electron chi connectivity index (χ0n) is 11.4. The molecule has 2 N–H and O–H groups in total. The summed E-state index contributed by atoms with van der Waals surface area (Å²) in [6.45, 7) is 7.88. The molecule has 0 aromatic heterocycles. The summed E-state index contributed by atoms with van der Waals surface area (Å²) in [6, 6.07) is 0. The Morgan fingerprint density at radius 3 is 1.94 bits per heavy atom. The normalized spacial score (nSPS) is 12.2. The highest BCUT2D eigenvalue weighted by Gasteiger charge is 2.24. The van der Waals surface area contributed by atoms with Crippen LogP contribution in [0.3, 0.4) is 0 Å². The first-order chi connectivity index (χ1) is 8.08. The first-order valence-electron chi connectivity index (χ1n) is 6.66. The summed E-state index contributed by atoms with van der Waals surface area (Å²) < 4.78 is 0. The molecule has 0 radical (unpaired) electrons. The molecule has 0 aromatic rings. The zero-order valence-corrected chi connectivity index (χ0v) is 12.2. The van der Waals surface area contributed by atoms with E-state index in [0.717, 1.165) is 38.8 Å². The summed E-state index contributed by atoms with van der Waals surface area (Å²) in [6.07, 6.45) is 4.98. The Morgan fingerprint density at radius 1 is 1.18 bits per heavy atom. The second kappa shape index (κ2) is 9.40. The van der Waals surface area contributed by atoms with E-state index >= 15 is 0 Å². The van der Waals surface area contributed by atoms with Gasteiger partial charge in [0.05, 0.1) is 10.9 Å². The van der Waals surface area contributed by atoms with Crippen LogP contribution in [0.4, 0.5) is 0 Å². The molecule has 0 saturated heterocycles. The number of carbonyl (C=O) groups excluding carboxylic acids is 1. The Balaban J connectivity index is 4.52. The number of carbonyl (C=O) groups is 1. The minimum absolute atomic E-state index is 0.113. The molecule has 0 aliphatic heterocycles. The molecule has 0 bridgehead atoms. The number of hydrogen-bond acceptors (Lipinski definition) is 2. The lowest BCUT2D eigenvalue weighted by Gasteiger charge is -2.26. The second-order valence-corrected chi connectivity index (χ2v) is 4.87. The highest BCUT2D eigenvalue weighted by atomic mass is 32.1. The minimum atomic E-state index is -0.279. The van der Waals surface area contributed by atoms with Gasteiger partial charge >= 0.3 is 0 Å². The third-order valence-corrected chi connectivity index (χ3v) is 3.21. The van der Waals surface area contributed by atoms with E-state index in [2.05, 4.69) is 13.8 Å². The van der Waals surface area contributed by atoms with Gasteiger partial charge in [-0.05, 0) is 19.3 Å². The fourth-order valence-electron chi connectivity index (χ4n) is 1.75. The topological polar surface area (TPSA) is 46.3 Å². The van der Waals surface area contributed by atoms with Crippen molar-refractivity contribution in [3.8, 4) is 0 Å². The van der Waals surface area contributed by atoms with Crippen molar-refractivity contribution in [3.05, 3.63) is 0 Å². The van der Waals surface area contributed by atoms with Crippen LogP contribution < -0.4 is 5.73 Å². The molecule has 0 aliphatic carbocycles. The van der Waals surface area contributed by atoms with Crippen molar-refractivity contribution in [1.29, 1.82) is 0 Å². The number of amides is 1. The molecule has 1 atom stereocenters. The number of nitrogens with zero attached hydrogens (tertiary/aromatic N) is 1. The Morgan fingerprint density at radius 2 is 1.65 bits per heavy atom. The number of rotatable bonds is 9. The van der Waals surface area contributed by atoms with E-state index in [1.165, 1.54) is 0 Å². The van der Waals surface area contributed by atoms with Gasteiger partial charge in [-0.1, -0.05) is 45.8 Å². The first kappa shape index (κ1) is 16.4. The van der Waals surface area contributed by atoms with E-state index in [0.29, 0.717) is 11.4 Å². The number of thiocarbonyl (C=S) groups is 1. The molecule has 1 amide bonds. The molecule has 3 nitrogen and oxygen atoms in total. The highest BCUT2D eigenvalue weighted by molar-refractivity contribution is 7.80. The van der Waals surface area contributed by atoms with E-state index in [1.54, 1.807) is 0 Å². The fraction of sp³-hybridized carbons (Fsp3) is 0.846. The van der Waals surface area contributed by atoms with Gasteiger partial charge < -0.3 is 10.6 Å². The molecule has 17 heavy (non-hydrogen) atoms. The van der Waals surface area contributed by atoms with Gasteiger partial charge in [-0.2, -0.15) is 0 Å². The maximum absolute atomic E-state index is 12.3. The maximum atomic E-state index is 12.3. The molecule has 0 aromatic carbocycles. The van der Waals surface area contributed by atoms with Gasteiger partial charge in [0.2, 0.25) is 5.91 Å². The molecule has 0 heterocycles. The average molecular weight is 258 g/mol. The average Bonchev–Trinajstić information content (AvgIpc) is 2.29. The molecular formula is C13H26N2OS. The fourth-order valence-corrected chi connectivity index (χ4v) is 2.02. The zero-order chi connectivity index (χ0) is 13.3. The molecule has 0 rings (SSSR count). The van der Waals surface area contributed by atoms with Gasteiger partial charge in [-0.25, -0.2) is 0 Å². The van der Waals surface area contributed by atoms with Crippen LogP contribution in [0.5, 0.6) is 0 Å². The Bertz CT molecular complexity index is 236. The van der Waals surface area contributed by atoms with Crippen molar-refractivity contribution < 1.29 is 4.79 Å². The van der Waals surface area contributed by atoms with Crippen molar-refractivity contribution in [2.75, 3.05) is 13.1 Å². The lowest BCUT2D eigenvalue weighted by molar-refractivity contribution is -0.133. The van der Waals surface area contributed by atoms with E-state index in [4.69, 9.17) is 18.0 Å². The van der Waals surface area contributed by atoms with Crippen LogP contribution in [-0.2, 0) is 4.79 Å². The number of unbranched alkanes of at least 4 members (excludes halogenated alkanes) is 2. The molecule has 0 fully saturated rings. The van der Waals surface area contributed by atoms with Crippen LogP contribution in [0.25, 0.3) is 0 Å². The van der Waals surface area contributed by atoms with E-state index in [1.807, 2.05) is 11.8 Å². The molecule has 0 aliphatic rings. The van der Waals surface area contributed by atoms with E-state index in [9.17, 15) is 4.79 Å². The Labute approximate surface area is 111 Å². The summed E-state index contributed by atoms with van der Waals surface area (Å²) in [4.78, 5) is 14.5. The lowest BCUT2D eigenvalue weighted by atomic mass is 10.0. The van der Waals surface area contributed by atoms with Crippen LogP contribution in [0, 0.1) is 5.92 Å². The van der Waals surface area contributed by atoms with Crippen LogP contribution in [0.1, 0.15) is 52.9 Å². The van der Waals surface area contributed by atoms with Crippen LogP contribution in [-0.4, -0.2) is 28.9 Å². The summed E-state index contributed by atoms with van der Waals surface area (Å²) in [5.41, 5.74) is 5.63. The first-order valence-corrected chi connectivity index (χ1v) is 7.07. The van der Waals surface area contributed by atoms with Crippen molar-refractivity contribution in [3.63, 3.8) is 0 Å². The monoisotopic (exact) mass is 258 g/mol. The smallest absolute Gasteiger partial charge is 0.232 e. The van der Waals surface area contributed by atoms with Gasteiger partial charge in [0.15, 0.2) is 0 Å². The quantitative estimate of drug-likeness (QED) is 0.647. The molecular weight excluding hydrogens is 232 g/mol. The largest absolute Gasteiger partial charge is 0.393 e. The van der Waals surface area contributed by atoms with Crippen LogP contribution >= 0.6 is 12.2 Å². The highest BCUT2D eigenvalue weighted by Crippen LogP contribution is 2.11. The van der Waals surface area contributed by atoms with E-state index in [-0.39, 0.29) is 11.8 Å². The predicted octanol–water partition coefficient (Wildman–Crippen LogP) is 2.73. The standard InChI is InChI=1S/C13H26N2OS/c1-4-7-9-15(10-8-5-2)13(16)11(6-3)12(14)17/h11H,4-10H2,1-3H3,(H2,14,17). The molecule has 1 unspecified atom stereocenters. The summed E-state index contributed by atoms with van der Waals surface area (Å²) in [7, 11) is 0. The Kier molecular flexibility index (Phi) is 9.04. The van der Waals surface area contributed by atoms with Crippen molar-refractivity contribution in [1.82, 2.24) is 4.90 Å². The third kappa shape index (κ3) is 6.01. The molecule has 4 heteroatoms. The number of hydrogen-bond donors (Lipinski definition) is 1. The molecule has 100 valence electrons. The summed E-state index contributed by atoms with van der Waals surface area (Å²) >= 11 is 4.97. The van der Waals surface area contributed by atoms with Crippen molar-refractivity contribution >= 4 is 23.1 Å². The number of nitrogens with two attached hydrogens (primary N) is 1. The van der Waals surface area contributed by atoms with Gasteiger partial charge in [-0.3, -0.25) is 4.79 Å². The van der Waals surface area contributed by atoms with Gasteiger partial charge in [0.25, 0.3) is 0 Å². The maximum Gasteiger partial charge on any atom is 0.232 e. The second-order valence-electron chi connectivity index (χ2n) is 4.40. The Hall–Kier alpha value is -0.640. The van der Waals surface area contributed by atoms with Crippen LogP contribution in [0.15, 0.2) is 0 Å². The third-order valence-electron chi connectivity index (χ3n) is 2.92. The van der Waals surface area contributed by atoms with Crippen molar-refractivity contribution in [2.24, 2.45) is 11.7 Å². The van der Waals surface area contributed by atoms with Gasteiger partial charge in [0.1, 0.15) is 0 Å². The van der Waals surface area contributed by atoms with Crippen molar-refractivity contribution in [2.45, 2.75) is 52.9 Å². The predicted molar refractivity (Wildman–Crippen MR) is 77.0 cm³/mol. The molecule has 0 saturated carbocycles. The van der Waals surface area contributed by atoms with Gasteiger partial charge in [0, 0.05) is 13.1 Å². The minimum Gasteiger partial charge on any atom is -0.393 e. The SMILES string of the molecule is CCCCN(CCCC)C(=O)C(CC)C(N)=S. The lowest BCUT2D eigenvalue weighted by Crippen LogP contribution is -2.42. The summed E-state index contributed by atoms with van der Waals surface area (Å²) in [5.74, 6) is -0.166. The van der Waals surface area contributed by atoms with E-state index < -0.39 is 0 Å². The molecule has 0 spiro atoms.